The lowest BCUT2D eigenvalue weighted by Gasteiger charge is -2.07. The van der Waals surface area contributed by atoms with E-state index in [-0.39, 0.29) is 6.61 Å². The van der Waals surface area contributed by atoms with E-state index in [2.05, 4.69) is 11.1 Å². The molecule has 0 bridgehead atoms. The van der Waals surface area contributed by atoms with Gasteiger partial charge in [-0.3, -0.25) is 0 Å². The quantitative estimate of drug-likeness (QED) is 0.341. The number of terminal acetylenes is 1. The molecule has 0 aromatic heterocycles. The maximum absolute atomic E-state index is 8.63. The van der Waals surface area contributed by atoms with Crippen molar-refractivity contribution in [3.63, 3.8) is 0 Å². The standard InChI is InChI=1S/C11H11NO2/c1-3-8-14-11-7-5-4-6-10(11)9(2)12-13/h1,4-7,13H,8H2,2H3/b12-9+. The molecule has 0 atom stereocenters. The van der Waals surface area contributed by atoms with Crippen molar-refractivity contribution in [1.82, 2.24) is 0 Å². The second-order valence-corrected chi connectivity index (χ2v) is 2.67. The van der Waals surface area contributed by atoms with Crippen LogP contribution in [0.15, 0.2) is 29.4 Å². The van der Waals surface area contributed by atoms with Gasteiger partial charge in [-0.05, 0) is 19.1 Å². The first-order valence-corrected chi connectivity index (χ1v) is 4.14. The second kappa shape index (κ2) is 4.93. The van der Waals surface area contributed by atoms with Crippen molar-refractivity contribution in [3.05, 3.63) is 29.8 Å². The summed E-state index contributed by atoms with van der Waals surface area (Å²) in [6.07, 6.45) is 5.08. The maximum Gasteiger partial charge on any atom is 0.148 e. The molecule has 0 saturated heterocycles. The van der Waals surface area contributed by atoms with E-state index in [4.69, 9.17) is 16.4 Å². The molecule has 1 aromatic carbocycles. The van der Waals surface area contributed by atoms with E-state index in [0.717, 1.165) is 5.56 Å². The van der Waals surface area contributed by atoms with E-state index in [1.807, 2.05) is 12.1 Å². The zero-order valence-electron chi connectivity index (χ0n) is 7.90. The van der Waals surface area contributed by atoms with Crippen molar-refractivity contribution < 1.29 is 9.94 Å². The van der Waals surface area contributed by atoms with Gasteiger partial charge in [-0.25, -0.2) is 0 Å². The zero-order chi connectivity index (χ0) is 10.4. The highest BCUT2D eigenvalue weighted by Crippen LogP contribution is 2.18. The summed E-state index contributed by atoms with van der Waals surface area (Å²) in [5.41, 5.74) is 1.24. The van der Waals surface area contributed by atoms with Crippen molar-refractivity contribution in [1.29, 1.82) is 0 Å². The van der Waals surface area contributed by atoms with Crippen LogP contribution in [0, 0.1) is 12.3 Å². The minimum Gasteiger partial charge on any atom is -0.480 e. The summed E-state index contributed by atoms with van der Waals surface area (Å²) in [4.78, 5) is 0. The van der Waals surface area contributed by atoms with Crippen molar-refractivity contribution in [2.75, 3.05) is 6.61 Å². The van der Waals surface area contributed by atoms with E-state index in [0.29, 0.717) is 11.5 Å². The Balaban J connectivity index is 2.98. The summed E-state index contributed by atoms with van der Waals surface area (Å²) in [6, 6.07) is 7.26. The van der Waals surface area contributed by atoms with E-state index in [1.165, 1.54) is 0 Å². The van der Waals surface area contributed by atoms with Crippen LogP contribution in [0.5, 0.6) is 5.75 Å². The van der Waals surface area contributed by atoms with Crippen LogP contribution in [0.3, 0.4) is 0 Å². The molecule has 14 heavy (non-hydrogen) atoms. The second-order valence-electron chi connectivity index (χ2n) is 2.67. The first-order chi connectivity index (χ1) is 6.79. The average molecular weight is 189 g/mol. The van der Waals surface area contributed by atoms with Gasteiger partial charge in [0.2, 0.25) is 0 Å². The van der Waals surface area contributed by atoms with Crippen molar-refractivity contribution in [3.8, 4) is 18.1 Å². The van der Waals surface area contributed by atoms with Gasteiger partial charge >= 0.3 is 0 Å². The molecule has 0 saturated carbocycles. The molecule has 0 aliphatic rings. The van der Waals surface area contributed by atoms with Gasteiger partial charge in [-0.15, -0.1) is 6.42 Å². The monoisotopic (exact) mass is 189 g/mol. The molecular weight excluding hydrogens is 178 g/mol. The van der Waals surface area contributed by atoms with Crippen LogP contribution in [0.25, 0.3) is 0 Å². The Bertz CT molecular complexity index is 377. The van der Waals surface area contributed by atoms with Gasteiger partial charge in [0, 0.05) is 5.56 Å². The van der Waals surface area contributed by atoms with E-state index in [1.54, 1.807) is 19.1 Å². The van der Waals surface area contributed by atoms with Gasteiger partial charge in [0.05, 0.1) is 5.71 Å². The smallest absolute Gasteiger partial charge is 0.148 e. The zero-order valence-corrected chi connectivity index (χ0v) is 7.90. The molecule has 0 aliphatic carbocycles. The molecule has 1 aromatic rings. The highest BCUT2D eigenvalue weighted by Gasteiger charge is 2.05. The molecule has 3 nitrogen and oxygen atoms in total. The Morgan fingerprint density at radius 2 is 2.29 bits per heavy atom. The number of ether oxygens (including phenoxy) is 1. The molecule has 3 heteroatoms. The largest absolute Gasteiger partial charge is 0.480 e. The predicted molar refractivity (Wildman–Crippen MR) is 54.8 cm³/mol. The minimum absolute atomic E-state index is 0.204. The van der Waals surface area contributed by atoms with Gasteiger partial charge in [0.15, 0.2) is 0 Å². The molecule has 0 spiro atoms. The average Bonchev–Trinajstić information content (AvgIpc) is 2.25. The summed E-state index contributed by atoms with van der Waals surface area (Å²) in [7, 11) is 0. The van der Waals surface area contributed by atoms with Crippen molar-refractivity contribution in [2.24, 2.45) is 5.16 Å². The highest BCUT2D eigenvalue weighted by molar-refractivity contribution is 6.00. The number of para-hydroxylation sites is 1. The van der Waals surface area contributed by atoms with Crippen LogP contribution in [0.2, 0.25) is 0 Å². The highest BCUT2D eigenvalue weighted by atomic mass is 16.5. The molecule has 0 amide bonds. The van der Waals surface area contributed by atoms with E-state index in [9.17, 15) is 0 Å². The fourth-order valence-corrected chi connectivity index (χ4v) is 1.06. The van der Waals surface area contributed by atoms with Crippen LogP contribution in [-0.4, -0.2) is 17.5 Å². The Hall–Kier alpha value is -1.95. The first kappa shape index (κ1) is 10.1. The molecule has 72 valence electrons. The molecule has 0 aliphatic heterocycles. The minimum atomic E-state index is 0.204. The Morgan fingerprint density at radius 1 is 1.57 bits per heavy atom. The van der Waals surface area contributed by atoms with Crippen LogP contribution >= 0.6 is 0 Å². The molecule has 0 fully saturated rings. The third kappa shape index (κ3) is 2.27. The lowest BCUT2D eigenvalue weighted by molar-refractivity contribution is 0.318. The first-order valence-electron chi connectivity index (χ1n) is 4.14. The Labute approximate surface area is 83.0 Å². The lowest BCUT2D eigenvalue weighted by atomic mass is 10.1. The number of oxime groups is 1. The van der Waals surface area contributed by atoms with Gasteiger partial charge in [-0.1, -0.05) is 23.2 Å². The van der Waals surface area contributed by atoms with Gasteiger partial charge in [-0.2, -0.15) is 0 Å². The Morgan fingerprint density at radius 3 is 2.93 bits per heavy atom. The summed E-state index contributed by atoms with van der Waals surface area (Å²) in [6.45, 7) is 1.90. The summed E-state index contributed by atoms with van der Waals surface area (Å²) in [5, 5.41) is 11.7. The topological polar surface area (TPSA) is 41.8 Å². The molecular formula is C11H11NO2. The molecule has 0 heterocycles. The fraction of sp³-hybridized carbons (Fsp3) is 0.182. The van der Waals surface area contributed by atoms with Crippen LogP contribution in [0.4, 0.5) is 0 Å². The number of nitrogens with zero attached hydrogens (tertiary/aromatic N) is 1. The van der Waals surface area contributed by atoms with E-state index < -0.39 is 0 Å². The normalized spacial score (nSPS) is 10.7. The summed E-state index contributed by atoms with van der Waals surface area (Å²) >= 11 is 0. The molecule has 1 rings (SSSR count). The van der Waals surface area contributed by atoms with Crippen LogP contribution in [0.1, 0.15) is 12.5 Å². The maximum atomic E-state index is 8.63. The SMILES string of the molecule is C#CCOc1ccccc1/C(C)=N/O. The van der Waals surface area contributed by atoms with Crippen LogP contribution < -0.4 is 4.74 Å². The Kier molecular flexibility index (Phi) is 3.57. The molecule has 1 N–H and O–H groups in total. The predicted octanol–water partition coefficient (Wildman–Crippen LogP) is 1.90. The summed E-state index contributed by atoms with van der Waals surface area (Å²) < 4.78 is 5.28. The summed E-state index contributed by atoms with van der Waals surface area (Å²) in [5.74, 6) is 3.00. The number of rotatable bonds is 3. The van der Waals surface area contributed by atoms with Gasteiger partial charge < -0.3 is 9.94 Å². The van der Waals surface area contributed by atoms with Crippen LogP contribution in [-0.2, 0) is 0 Å². The fourth-order valence-electron chi connectivity index (χ4n) is 1.06. The third-order valence-electron chi connectivity index (χ3n) is 1.74. The number of hydrogen-bond donors (Lipinski definition) is 1. The third-order valence-corrected chi connectivity index (χ3v) is 1.74. The molecule has 0 unspecified atom stereocenters. The molecule has 0 radical (unpaired) electrons. The van der Waals surface area contributed by atoms with Gasteiger partial charge in [0.25, 0.3) is 0 Å². The van der Waals surface area contributed by atoms with E-state index >= 15 is 0 Å². The van der Waals surface area contributed by atoms with Crippen molar-refractivity contribution in [2.45, 2.75) is 6.92 Å². The van der Waals surface area contributed by atoms with Crippen molar-refractivity contribution >= 4 is 5.71 Å². The van der Waals surface area contributed by atoms with Gasteiger partial charge in [0.1, 0.15) is 12.4 Å². The number of benzene rings is 1. The lowest BCUT2D eigenvalue weighted by Crippen LogP contribution is -2.01. The number of hydrogen-bond acceptors (Lipinski definition) is 3.